The van der Waals surface area contributed by atoms with Gasteiger partial charge in [-0.1, -0.05) is 42.5 Å². The van der Waals surface area contributed by atoms with Crippen LogP contribution in [0.1, 0.15) is 0 Å². The molecule has 0 aliphatic heterocycles. The average Bonchev–Trinajstić information content (AvgIpc) is 2.62. The quantitative estimate of drug-likeness (QED) is 0.507. The lowest BCUT2D eigenvalue weighted by molar-refractivity contribution is 0.411. The first-order chi connectivity index (χ1) is 11.3. The summed E-state index contributed by atoms with van der Waals surface area (Å²) in [5.74, 6) is 0.559. The predicted octanol–water partition coefficient (Wildman–Crippen LogP) is 4.62. The van der Waals surface area contributed by atoms with Crippen LogP contribution in [-0.2, 0) is 0 Å². The molecule has 0 aliphatic rings. The van der Waals surface area contributed by atoms with E-state index < -0.39 is 0 Å². The van der Waals surface area contributed by atoms with Crippen molar-refractivity contribution in [3.8, 4) is 16.9 Å². The minimum atomic E-state index is -0.0436. The summed E-state index contributed by atoms with van der Waals surface area (Å²) in [5.41, 5.74) is 2.96. The molecule has 1 heterocycles. The zero-order valence-corrected chi connectivity index (χ0v) is 12.6. The molecular weight excluding hydrogens is 288 g/mol. The first-order valence-electron chi connectivity index (χ1n) is 7.37. The number of para-hydroxylation sites is 1. The van der Waals surface area contributed by atoms with Crippen molar-refractivity contribution in [3.05, 3.63) is 77.0 Å². The van der Waals surface area contributed by atoms with Gasteiger partial charge in [-0.3, -0.25) is 4.79 Å². The van der Waals surface area contributed by atoms with Crippen molar-refractivity contribution >= 4 is 21.9 Å². The topological polar surface area (TPSA) is 39.4 Å². The van der Waals surface area contributed by atoms with Gasteiger partial charge in [-0.15, -0.1) is 0 Å². The highest BCUT2D eigenvalue weighted by molar-refractivity contribution is 5.95. The summed E-state index contributed by atoms with van der Waals surface area (Å²) in [7, 11) is 1.58. The fraction of sp³-hybridized carbons (Fsp3) is 0.0500. The highest BCUT2D eigenvalue weighted by atomic mass is 16.5. The van der Waals surface area contributed by atoms with E-state index in [4.69, 9.17) is 9.15 Å². The Kier molecular flexibility index (Phi) is 3.12. The van der Waals surface area contributed by atoms with Crippen LogP contribution < -0.4 is 10.2 Å². The zero-order valence-electron chi connectivity index (χ0n) is 12.6. The van der Waals surface area contributed by atoms with E-state index >= 15 is 0 Å². The van der Waals surface area contributed by atoms with Gasteiger partial charge in [0.2, 0.25) is 5.43 Å². The number of hydrogen-bond acceptors (Lipinski definition) is 3. The molecule has 0 radical (unpaired) electrons. The number of hydrogen-bond donors (Lipinski definition) is 0. The van der Waals surface area contributed by atoms with E-state index in [2.05, 4.69) is 0 Å². The normalized spacial score (nSPS) is 11.0. The van der Waals surface area contributed by atoms with E-state index in [1.54, 1.807) is 19.2 Å². The summed E-state index contributed by atoms with van der Waals surface area (Å²) in [6.07, 6.45) is 0. The van der Waals surface area contributed by atoms with Gasteiger partial charge in [-0.2, -0.15) is 0 Å². The van der Waals surface area contributed by atoms with Crippen molar-refractivity contribution in [3.63, 3.8) is 0 Å². The summed E-state index contributed by atoms with van der Waals surface area (Å²) in [5, 5.41) is 1.11. The van der Waals surface area contributed by atoms with Crippen LogP contribution in [0.5, 0.6) is 5.75 Å². The Morgan fingerprint density at radius 3 is 2.35 bits per heavy atom. The lowest BCUT2D eigenvalue weighted by Gasteiger charge is -2.09. The van der Waals surface area contributed by atoms with Gasteiger partial charge in [0.25, 0.3) is 0 Å². The molecule has 23 heavy (non-hydrogen) atoms. The summed E-state index contributed by atoms with van der Waals surface area (Å²) in [6, 6.07) is 20.9. The van der Waals surface area contributed by atoms with E-state index in [0.29, 0.717) is 27.7 Å². The molecule has 0 aliphatic carbocycles. The first-order valence-corrected chi connectivity index (χ1v) is 7.37. The van der Waals surface area contributed by atoms with Gasteiger partial charge < -0.3 is 9.15 Å². The molecule has 0 N–H and O–H groups in total. The third-order valence-electron chi connectivity index (χ3n) is 3.97. The number of benzene rings is 3. The molecule has 1 aromatic heterocycles. The molecule has 3 aromatic carbocycles. The predicted molar refractivity (Wildman–Crippen MR) is 92.0 cm³/mol. The number of fused-ring (bicyclic) bond motifs is 2. The Morgan fingerprint density at radius 2 is 1.57 bits per heavy atom. The summed E-state index contributed by atoms with van der Waals surface area (Å²) in [4.78, 5) is 12.8. The summed E-state index contributed by atoms with van der Waals surface area (Å²) >= 11 is 0. The second-order valence-corrected chi connectivity index (χ2v) is 5.35. The second-order valence-electron chi connectivity index (χ2n) is 5.35. The molecule has 4 aromatic rings. The highest BCUT2D eigenvalue weighted by Gasteiger charge is 2.14. The van der Waals surface area contributed by atoms with Crippen molar-refractivity contribution in [1.29, 1.82) is 0 Å². The largest absolute Gasteiger partial charge is 0.493 e. The minimum absolute atomic E-state index is 0.0436. The molecule has 4 rings (SSSR count). The van der Waals surface area contributed by atoms with Crippen molar-refractivity contribution in [1.82, 2.24) is 0 Å². The van der Waals surface area contributed by atoms with Crippen LogP contribution in [0, 0.1) is 0 Å². The number of rotatable bonds is 2. The van der Waals surface area contributed by atoms with Gasteiger partial charge in [0, 0.05) is 0 Å². The molecule has 0 amide bonds. The van der Waals surface area contributed by atoms with Gasteiger partial charge in [0.15, 0.2) is 11.3 Å². The van der Waals surface area contributed by atoms with Crippen LogP contribution in [0.4, 0.5) is 0 Å². The fourth-order valence-corrected chi connectivity index (χ4v) is 2.82. The Balaban J connectivity index is 2.12. The van der Waals surface area contributed by atoms with Crippen molar-refractivity contribution < 1.29 is 9.15 Å². The average molecular weight is 302 g/mol. The van der Waals surface area contributed by atoms with Gasteiger partial charge in [-0.05, 0) is 35.4 Å². The van der Waals surface area contributed by atoms with Crippen LogP contribution in [0.25, 0.3) is 33.1 Å². The molecular formula is C20H14O3. The Bertz CT molecular complexity index is 1060. The van der Waals surface area contributed by atoms with Gasteiger partial charge >= 0.3 is 0 Å². The van der Waals surface area contributed by atoms with E-state index in [1.165, 1.54) is 0 Å². The smallest absolute Gasteiger partial charge is 0.200 e. The molecule has 0 atom stereocenters. The highest BCUT2D eigenvalue weighted by Crippen LogP contribution is 2.32. The SMILES string of the molecule is COc1cc(-c2ccccc2)cc2c(=O)c3ccccc3oc12. The lowest BCUT2D eigenvalue weighted by atomic mass is 10.0. The Morgan fingerprint density at radius 1 is 0.826 bits per heavy atom. The summed E-state index contributed by atoms with van der Waals surface area (Å²) in [6.45, 7) is 0. The molecule has 3 heteroatoms. The molecule has 0 saturated heterocycles. The zero-order chi connectivity index (χ0) is 15.8. The molecule has 0 spiro atoms. The molecule has 0 fully saturated rings. The van der Waals surface area contributed by atoms with Gasteiger partial charge in [0.1, 0.15) is 5.58 Å². The van der Waals surface area contributed by atoms with Crippen molar-refractivity contribution in [2.24, 2.45) is 0 Å². The van der Waals surface area contributed by atoms with Crippen LogP contribution in [0.2, 0.25) is 0 Å². The standard InChI is InChI=1S/C20H14O3/c1-22-18-12-14(13-7-3-2-4-8-13)11-16-19(21)15-9-5-6-10-17(15)23-20(16)18/h2-12H,1H3. The minimum Gasteiger partial charge on any atom is -0.493 e. The maximum Gasteiger partial charge on any atom is 0.200 e. The molecule has 3 nitrogen and oxygen atoms in total. The van der Waals surface area contributed by atoms with Crippen molar-refractivity contribution in [2.75, 3.05) is 7.11 Å². The monoisotopic (exact) mass is 302 g/mol. The Labute approximate surface area is 132 Å². The molecule has 0 saturated carbocycles. The van der Waals surface area contributed by atoms with Gasteiger partial charge in [-0.25, -0.2) is 0 Å². The molecule has 0 unspecified atom stereocenters. The summed E-state index contributed by atoms with van der Waals surface area (Å²) < 4.78 is 11.4. The van der Waals surface area contributed by atoms with E-state index in [-0.39, 0.29) is 5.43 Å². The number of methoxy groups -OCH3 is 1. The molecule has 112 valence electrons. The Hall–Kier alpha value is -3.07. The third kappa shape index (κ3) is 2.18. The van der Waals surface area contributed by atoms with Crippen LogP contribution >= 0.6 is 0 Å². The second kappa shape index (κ2) is 5.29. The van der Waals surface area contributed by atoms with E-state index in [1.807, 2.05) is 54.6 Å². The van der Waals surface area contributed by atoms with Crippen molar-refractivity contribution in [2.45, 2.75) is 0 Å². The maximum absolute atomic E-state index is 12.8. The van der Waals surface area contributed by atoms with Crippen LogP contribution in [0.3, 0.4) is 0 Å². The first kappa shape index (κ1) is 13.6. The molecule has 0 bridgehead atoms. The maximum atomic E-state index is 12.8. The van der Waals surface area contributed by atoms with E-state index in [9.17, 15) is 4.79 Å². The lowest BCUT2D eigenvalue weighted by Crippen LogP contribution is -2.03. The number of ether oxygens (including phenoxy) is 1. The van der Waals surface area contributed by atoms with E-state index in [0.717, 1.165) is 11.1 Å². The van der Waals surface area contributed by atoms with Crippen LogP contribution in [0.15, 0.2) is 75.9 Å². The van der Waals surface area contributed by atoms with Crippen LogP contribution in [-0.4, -0.2) is 7.11 Å². The van der Waals surface area contributed by atoms with Gasteiger partial charge in [0.05, 0.1) is 17.9 Å². The fourth-order valence-electron chi connectivity index (χ4n) is 2.82. The third-order valence-corrected chi connectivity index (χ3v) is 3.97.